The fraction of sp³-hybridized carbons (Fsp3) is 0.120. The van der Waals surface area contributed by atoms with Crippen molar-refractivity contribution in [1.29, 1.82) is 0 Å². The first kappa shape index (κ1) is 19.5. The van der Waals surface area contributed by atoms with Crippen LogP contribution in [-0.2, 0) is 0 Å². The molecule has 5 rings (SSSR count). The van der Waals surface area contributed by atoms with Crippen LogP contribution in [0.2, 0.25) is 0 Å². The average Bonchev–Trinajstić information content (AvgIpc) is 3.39. The number of pyridine rings is 1. The third-order valence-corrected chi connectivity index (χ3v) is 5.88. The van der Waals surface area contributed by atoms with Crippen LogP contribution in [0.3, 0.4) is 0 Å². The lowest BCUT2D eigenvalue weighted by atomic mass is 10.0. The summed E-state index contributed by atoms with van der Waals surface area (Å²) < 4.78 is 15.6. The van der Waals surface area contributed by atoms with Crippen molar-refractivity contribution in [1.82, 2.24) is 14.9 Å². The van der Waals surface area contributed by atoms with Crippen molar-refractivity contribution < 1.29 is 4.39 Å². The molecule has 0 amide bonds. The van der Waals surface area contributed by atoms with Gasteiger partial charge in [-0.05, 0) is 85.4 Å². The SMILES string of the molecule is Cc1cccc(N2C(=S)N[C@@H](c3ccccn3)[C@@H]2c2cccn2-c2ccc(F)cc2)c1. The van der Waals surface area contributed by atoms with Crippen molar-refractivity contribution in [2.45, 2.75) is 19.0 Å². The van der Waals surface area contributed by atoms with Crippen molar-refractivity contribution in [2.75, 3.05) is 4.90 Å². The maximum atomic E-state index is 13.5. The number of halogens is 1. The third-order valence-electron chi connectivity index (χ3n) is 5.57. The number of nitrogens with one attached hydrogen (secondary N) is 1. The van der Waals surface area contributed by atoms with Gasteiger partial charge in [-0.25, -0.2) is 4.39 Å². The highest BCUT2D eigenvalue weighted by Crippen LogP contribution is 2.42. The molecular weight excluding hydrogens is 407 g/mol. The number of rotatable bonds is 4. The van der Waals surface area contributed by atoms with Crippen molar-refractivity contribution in [2.24, 2.45) is 0 Å². The average molecular weight is 429 g/mol. The van der Waals surface area contributed by atoms with Crippen molar-refractivity contribution in [3.8, 4) is 5.69 Å². The molecule has 3 heterocycles. The van der Waals surface area contributed by atoms with E-state index in [1.165, 1.54) is 12.1 Å². The molecule has 2 atom stereocenters. The van der Waals surface area contributed by atoms with E-state index in [-0.39, 0.29) is 17.9 Å². The molecule has 4 nitrogen and oxygen atoms in total. The molecule has 31 heavy (non-hydrogen) atoms. The zero-order valence-corrected chi connectivity index (χ0v) is 17.8. The second kappa shape index (κ2) is 7.96. The molecule has 1 fully saturated rings. The molecule has 2 aromatic heterocycles. The normalized spacial score (nSPS) is 18.3. The van der Waals surface area contributed by atoms with Gasteiger partial charge in [-0.1, -0.05) is 18.2 Å². The first-order valence-corrected chi connectivity index (χ1v) is 10.5. The Hall–Kier alpha value is -3.51. The van der Waals surface area contributed by atoms with Gasteiger partial charge in [-0.15, -0.1) is 0 Å². The Labute approximate surface area is 186 Å². The smallest absolute Gasteiger partial charge is 0.174 e. The van der Waals surface area contributed by atoms with Gasteiger partial charge in [-0.3, -0.25) is 4.98 Å². The van der Waals surface area contributed by atoms with Crippen LogP contribution in [0, 0.1) is 12.7 Å². The maximum Gasteiger partial charge on any atom is 0.174 e. The Bertz CT molecular complexity index is 1220. The number of hydrogen-bond acceptors (Lipinski definition) is 2. The summed E-state index contributed by atoms with van der Waals surface area (Å²) in [6.07, 6.45) is 3.79. The van der Waals surface area contributed by atoms with Crippen LogP contribution in [0.15, 0.2) is 91.3 Å². The summed E-state index contributed by atoms with van der Waals surface area (Å²) in [5.41, 5.74) is 5.03. The Morgan fingerprint density at radius 3 is 2.52 bits per heavy atom. The number of nitrogens with zero attached hydrogens (tertiary/aromatic N) is 3. The molecule has 154 valence electrons. The van der Waals surface area contributed by atoms with Gasteiger partial charge >= 0.3 is 0 Å². The van der Waals surface area contributed by atoms with E-state index in [2.05, 4.69) is 51.0 Å². The molecule has 0 aliphatic carbocycles. The van der Waals surface area contributed by atoms with Gasteiger partial charge in [0.1, 0.15) is 11.9 Å². The molecule has 1 aliphatic rings. The molecule has 1 N–H and O–H groups in total. The van der Waals surface area contributed by atoms with Crippen LogP contribution in [0.5, 0.6) is 0 Å². The minimum Gasteiger partial charge on any atom is -0.351 e. The Kier molecular flexibility index (Phi) is 5.00. The van der Waals surface area contributed by atoms with Gasteiger partial charge in [-0.2, -0.15) is 0 Å². The van der Waals surface area contributed by atoms with E-state index in [0.29, 0.717) is 5.11 Å². The topological polar surface area (TPSA) is 33.1 Å². The second-order valence-corrected chi connectivity index (χ2v) is 8.00. The van der Waals surface area contributed by atoms with E-state index >= 15 is 0 Å². The van der Waals surface area contributed by atoms with Crippen LogP contribution in [0.4, 0.5) is 10.1 Å². The standard InChI is InChI=1S/C25H21FN4S/c1-17-6-4-7-20(16-17)30-24(23(28-25(30)31)21-8-2-3-14-27-21)22-9-5-15-29(22)19-12-10-18(26)11-13-19/h2-16,23-24H,1H3,(H,28,31)/t23-,24-/m0/s1. The Balaban J connectivity index is 1.67. The Morgan fingerprint density at radius 1 is 0.935 bits per heavy atom. The molecule has 1 saturated heterocycles. The molecule has 0 saturated carbocycles. The number of hydrogen-bond donors (Lipinski definition) is 1. The van der Waals surface area contributed by atoms with Gasteiger partial charge in [0.25, 0.3) is 0 Å². The highest BCUT2D eigenvalue weighted by Gasteiger charge is 2.42. The summed E-state index contributed by atoms with van der Waals surface area (Å²) in [7, 11) is 0. The molecule has 0 bridgehead atoms. The van der Waals surface area contributed by atoms with Gasteiger partial charge < -0.3 is 14.8 Å². The summed E-state index contributed by atoms with van der Waals surface area (Å²) in [5, 5.41) is 4.14. The first-order valence-electron chi connectivity index (χ1n) is 10.1. The van der Waals surface area contributed by atoms with Gasteiger partial charge in [0.05, 0.1) is 11.7 Å². The lowest BCUT2D eigenvalue weighted by molar-refractivity contribution is 0.549. The first-order chi connectivity index (χ1) is 15.1. The number of benzene rings is 2. The quantitative estimate of drug-likeness (QED) is 0.435. The molecule has 2 aromatic carbocycles. The van der Waals surface area contributed by atoms with Gasteiger partial charge in [0.2, 0.25) is 0 Å². The highest BCUT2D eigenvalue weighted by molar-refractivity contribution is 7.80. The number of anilines is 1. The molecular formula is C25H21FN4S. The molecule has 4 aromatic rings. The summed E-state index contributed by atoms with van der Waals surface area (Å²) in [6, 6.07) is 24.6. The van der Waals surface area contributed by atoms with E-state index in [0.717, 1.165) is 28.3 Å². The minimum atomic E-state index is -0.256. The van der Waals surface area contributed by atoms with Crippen LogP contribution in [-0.4, -0.2) is 14.7 Å². The van der Waals surface area contributed by atoms with E-state index in [9.17, 15) is 4.39 Å². The summed E-state index contributed by atoms with van der Waals surface area (Å²) in [6.45, 7) is 2.07. The number of aryl methyl sites for hydroxylation is 1. The van der Waals surface area contributed by atoms with E-state index in [1.807, 2.05) is 36.5 Å². The molecule has 0 spiro atoms. The largest absolute Gasteiger partial charge is 0.351 e. The zero-order valence-electron chi connectivity index (χ0n) is 16.9. The maximum absolute atomic E-state index is 13.5. The fourth-order valence-electron chi connectivity index (χ4n) is 4.18. The van der Waals surface area contributed by atoms with E-state index in [1.54, 1.807) is 18.3 Å². The molecule has 6 heteroatoms. The lowest BCUT2D eigenvalue weighted by Gasteiger charge is -2.29. The van der Waals surface area contributed by atoms with Crippen molar-refractivity contribution in [3.05, 3.63) is 114 Å². The van der Waals surface area contributed by atoms with Crippen LogP contribution in [0.1, 0.15) is 29.0 Å². The zero-order chi connectivity index (χ0) is 21.4. The highest BCUT2D eigenvalue weighted by atomic mass is 32.1. The molecule has 0 unspecified atom stereocenters. The van der Waals surface area contributed by atoms with Crippen molar-refractivity contribution in [3.63, 3.8) is 0 Å². The van der Waals surface area contributed by atoms with E-state index in [4.69, 9.17) is 12.2 Å². The predicted octanol–water partition coefficient (Wildman–Crippen LogP) is 5.50. The number of aromatic nitrogens is 2. The van der Waals surface area contributed by atoms with Gasteiger partial charge in [0, 0.05) is 29.5 Å². The summed E-state index contributed by atoms with van der Waals surface area (Å²) >= 11 is 5.80. The Morgan fingerprint density at radius 2 is 1.77 bits per heavy atom. The monoisotopic (exact) mass is 428 g/mol. The van der Waals surface area contributed by atoms with E-state index < -0.39 is 0 Å². The predicted molar refractivity (Wildman–Crippen MR) is 125 cm³/mol. The van der Waals surface area contributed by atoms with Crippen LogP contribution < -0.4 is 10.2 Å². The molecule has 0 radical (unpaired) electrons. The second-order valence-electron chi connectivity index (χ2n) is 7.62. The van der Waals surface area contributed by atoms with Gasteiger partial charge in [0.15, 0.2) is 5.11 Å². The van der Waals surface area contributed by atoms with Crippen molar-refractivity contribution >= 4 is 23.0 Å². The summed E-state index contributed by atoms with van der Waals surface area (Å²) in [5.74, 6) is -0.256. The lowest BCUT2D eigenvalue weighted by Crippen LogP contribution is -2.30. The summed E-state index contributed by atoms with van der Waals surface area (Å²) in [4.78, 5) is 6.76. The van der Waals surface area contributed by atoms with Crippen LogP contribution >= 0.6 is 12.2 Å². The third kappa shape index (κ3) is 3.59. The molecule has 1 aliphatic heterocycles. The number of thiocarbonyl (C=S) groups is 1. The van der Waals surface area contributed by atoms with Crippen LogP contribution in [0.25, 0.3) is 5.69 Å². The fourth-order valence-corrected chi connectivity index (χ4v) is 4.53. The minimum absolute atomic E-state index is 0.135.